The largest absolute Gasteiger partial charge is 0.368 e. The molecule has 0 saturated carbocycles. The van der Waals surface area contributed by atoms with Gasteiger partial charge in [0.2, 0.25) is 0 Å². The van der Waals surface area contributed by atoms with Crippen LogP contribution in [-0.2, 0) is 9.53 Å². The van der Waals surface area contributed by atoms with Gasteiger partial charge < -0.3 is 19.9 Å². The number of ether oxygens (including phenoxy) is 1. The zero-order valence-electron chi connectivity index (χ0n) is 13.7. The number of anilines is 1. The standard InChI is InChI=1S/C16H20N4O5/c21-15(14-2-1-11-25-14)18-7-9-19(10-8-18)16(22)17-12-3-5-13(6-4-12)20(23)24/h3-6,14H,1-2,7-11H2,(H,17,22)/t14-/m1/s1. The molecule has 2 aliphatic rings. The predicted octanol–water partition coefficient (Wildman–Crippen LogP) is 1.45. The smallest absolute Gasteiger partial charge is 0.321 e. The van der Waals surface area contributed by atoms with Crippen LogP contribution in [0.5, 0.6) is 0 Å². The Morgan fingerprint density at radius 1 is 1.12 bits per heavy atom. The zero-order chi connectivity index (χ0) is 17.8. The summed E-state index contributed by atoms with van der Waals surface area (Å²) in [4.78, 5) is 38.1. The van der Waals surface area contributed by atoms with Crippen LogP contribution in [0.15, 0.2) is 24.3 Å². The molecular weight excluding hydrogens is 328 g/mol. The number of non-ortho nitro benzene ring substituents is 1. The molecule has 1 atom stereocenters. The van der Waals surface area contributed by atoms with Gasteiger partial charge in [0.15, 0.2) is 0 Å². The molecule has 2 fully saturated rings. The van der Waals surface area contributed by atoms with E-state index in [1.807, 2.05) is 0 Å². The SMILES string of the molecule is O=C(Nc1ccc([N+](=O)[O-])cc1)N1CCN(C(=O)[C@H]2CCCO2)CC1. The maximum atomic E-state index is 12.3. The van der Waals surface area contributed by atoms with Crippen LogP contribution in [0.4, 0.5) is 16.2 Å². The van der Waals surface area contributed by atoms with Crippen molar-refractivity contribution in [1.29, 1.82) is 0 Å². The van der Waals surface area contributed by atoms with Gasteiger partial charge in [0, 0.05) is 50.6 Å². The Kier molecular flexibility index (Phi) is 5.13. The fourth-order valence-electron chi connectivity index (χ4n) is 2.97. The molecule has 3 amide bonds. The van der Waals surface area contributed by atoms with E-state index in [1.165, 1.54) is 24.3 Å². The molecule has 2 aliphatic heterocycles. The lowest BCUT2D eigenvalue weighted by molar-refractivity contribution is -0.384. The van der Waals surface area contributed by atoms with Gasteiger partial charge in [-0.1, -0.05) is 0 Å². The molecule has 0 unspecified atom stereocenters. The summed E-state index contributed by atoms with van der Waals surface area (Å²) in [6, 6.07) is 5.39. The highest BCUT2D eigenvalue weighted by Crippen LogP contribution is 2.18. The van der Waals surface area contributed by atoms with Gasteiger partial charge in [-0.3, -0.25) is 14.9 Å². The number of rotatable bonds is 3. The number of carbonyl (C=O) groups excluding carboxylic acids is 2. The Morgan fingerprint density at radius 3 is 2.32 bits per heavy atom. The first-order valence-corrected chi connectivity index (χ1v) is 8.25. The van der Waals surface area contributed by atoms with Crippen molar-refractivity contribution < 1.29 is 19.2 Å². The zero-order valence-corrected chi connectivity index (χ0v) is 13.7. The maximum absolute atomic E-state index is 12.3. The molecule has 0 aromatic heterocycles. The van der Waals surface area contributed by atoms with Gasteiger partial charge in [-0.2, -0.15) is 0 Å². The number of piperazine rings is 1. The van der Waals surface area contributed by atoms with Gasteiger partial charge in [-0.05, 0) is 25.0 Å². The summed E-state index contributed by atoms with van der Waals surface area (Å²) >= 11 is 0. The van der Waals surface area contributed by atoms with Crippen molar-refractivity contribution >= 4 is 23.3 Å². The quantitative estimate of drug-likeness (QED) is 0.657. The normalized spacial score (nSPS) is 20.4. The fourth-order valence-corrected chi connectivity index (χ4v) is 2.97. The van der Waals surface area contributed by atoms with Crippen LogP contribution in [0.1, 0.15) is 12.8 Å². The number of amides is 3. The number of hydrogen-bond donors (Lipinski definition) is 1. The van der Waals surface area contributed by atoms with Crippen LogP contribution in [0.2, 0.25) is 0 Å². The molecule has 2 heterocycles. The molecule has 2 saturated heterocycles. The maximum Gasteiger partial charge on any atom is 0.321 e. The summed E-state index contributed by atoms with van der Waals surface area (Å²) < 4.78 is 5.42. The molecule has 9 nitrogen and oxygen atoms in total. The van der Waals surface area contributed by atoms with Crippen molar-refractivity contribution in [2.75, 3.05) is 38.1 Å². The molecule has 9 heteroatoms. The number of nitrogens with zero attached hydrogens (tertiary/aromatic N) is 3. The van der Waals surface area contributed by atoms with Gasteiger partial charge in [0.1, 0.15) is 6.10 Å². The minimum Gasteiger partial charge on any atom is -0.368 e. The third-order valence-electron chi connectivity index (χ3n) is 4.41. The van der Waals surface area contributed by atoms with E-state index in [0.717, 1.165) is 12.8 Å². The number of carbonyl (C=O) groups is 2. The number of nitrogens with one attached hydrogen (secondary N) is 1. The minimum absolute atomic E-state index is 0.00734. The Hall–Kier alpha value is -2.68. The van der Waals surface area contributed by atoms with Crippen LogP contribution in [0.3, 0.4) is 0 Å². The monoisotopic (exact) mass is 348 g/mol. The first-order valence-electron chi connectivity index (χ1n) is 8.25. The lowest BCUT2D eigenvalue weighted by Crippen LogP contribution is -2.53. The second-order valence-corrected chi connectivity index (χ2v) is 6.05. The Labute approximate surface area is 144 Å². The molecule has 134 valence electrons. The van der Waals surface area contributed by atoms with E-state index in [-0.39, 0.29) is 23.7 Å². The lowest BCUT2D eigenvalue weighted by Gasteiger charge is -2.35. The third kappa shape index (κ3) is 4.05. The van der Waals surface area contributed by atoms with E-state index < -0.39 is 4.92 Å². The first kappa shape index (κ1) is 17.2. The van der Waals surface area contributed by atoms with Crippen molar-refractivity contribution in [2.45, 2.75) is 18.9 Å². The molecule has 0 spiro atoms. The van der Waals surface area contributed by atoms with Crippen molar-refractivity contribution in [2.24, 2.45) is 0 Å². The first-order chi connectivity index (χ1) is 12.0. The third-order valence-corrected chi connectivity index (χ3v) is 4.41. The summed E-state index contributed by atoms with van der Waals surface area (Å²) in [6.45, 7) is 2.47. The molecule has 25 heavy (non-hydrogen) atoms. The molecule has 1 N–H and O–H groups in total. The molecule has 0 aliphatic carbocycles. The summed E-state index contributed by atoms with van der Waals surface area (Å²) in [6.07, 6.45) is 1.34. The molecule has 0 bridgehead atoms. The number of hydrogen-bond acceptors (Lipinski definition) is 5. The van der Waals surface area contributed by atoms with Crippen LogP contribution in [-0.4, -0.2) is 65.6 Å². The molecular formula is C16H20N4O5. The van der Waals surface area contributed by atoms with Crippen molar-refractivity contribution in [1.82, 2.24) is 9.80 Å². The van der Waals surface area contributed by atoms with Gasteiger partial charge in [0.05, 0.1) is 4.92 Å². The van der Waals surface area contributed by atoms with E-state index in [0.29, 0.717) is 38.5 Å². The fraction of sp³-hybridized carbons (Fsp3) is 0.500. The van der Waals surface area contributed by atoms with E-state index >= 15 is 0 Å². The van der Waals surface area contributed by atoms with Crippen LogP contribution < -0.4 is 5.32 Å². The summed E-state index contributed by atoms with van der Waals surface area (Å²) in [5, 5.41) is 13.3. The number of nitro benzene ring substituents is 1. The predicted molar refractivity (Wildman–Crippen MR) is 89.2 cm³/mol. The van der Waals surface area contributed by atoms with Gasteiger partial charge in [-0.25, -0.2) is 4.79 Å². The van der Waals surface area contributed by atoms with Crippen molar-refractivity contribution in [3.8, 4) is 0 Å². The average Bonchev–Trinajstić information content (AvgIpc) is 3.16. The van der Waals surface area contributed by atoms with Gasteiger partial charge in [-0.15, -0.1) is 0 Å². The highest BCUT2D eigenvalue weighted by molar-refractivity contribution is 5.89. The number of urea groups is 1. The summed E-state index contributed by atoms with van der Waals surface area (Å²) in [7, 11) is 0. The van der Waals surface area contributed by atoms with Gasteiger partial charge >= 0.3 is 6.03 Å². The summed E-state index contributed by atoms with van der Waals surface area (Å²) in [5.41, 5.74) is 0.465. The number of nitro groups is 1. The highest BCUT2D eigenvalue weighted by atomic mass is 16.6. The molecule has 1 aromatic rings. The Bertz CT molecular complexity index is 649. The van der Waals surface area contributed by atoms with Crippen molar-refractivity contribution in [3.63, 3.8) is 0 Å². The molecule has 3 rings (SSSR count). The van der Waals surface area contributed by atoms with Crippen LogP contribution in [0.25, 0.3) is 0 Å². The second kappa shape index (κ2) is 7.47. The lowest BCUT2D eigenvalue weighted by atomic mass is 10.2. The Morgan fingerprint density at radius 2 is 1.76 bits per heavy atom. The highest BCUT2D eigenvalue weighted by Gasteiger charge is 2.31. The van der Waals surface area contributed by atoms with E-state index in [2.05, 4.69) is 5.32 Å². The van der Waals surface area contributed by atoms with Crippen molar-refractivity contribution in [3.05, 3.63) is 34.4 Å². The van der Waals surface area contributed by atoms with E-state index in [1.54, 1.807) is 9.80 Å². The topological polar surface area (TPSA) is 105 Å². The minimum atomic E-state index is -0.490. The van der Waals surface area contributed by atoms with Crippen LogP contribution in [0, 0.1) is 10.1 Å². The van der Waals surface area contributed by atoms with Gasteiger partial charge in [0.25, 0.3) is 11.6 Å². The van der Waals surface area contributed by atoms with Crippen LogP contribution >= 0.6 is 0 Å². The average molecular weight is 348 g/mol. The van der Waals surface area contributed by atoms with E-state index in [4.69, 9.17) is 4.74 Å². The van der Waals surface area contributed by atoms with E-state index in [9.17, 15) is 19.7 Å². The Balaban J connectivity index is 1.49. The summed E-state index contributed by atoms with van der Waals surface area (Å²) in [5.74, 6) is 0.00734. The second-order valence-electron chi connectivity index (χ2n) is 6.05. The number of benzene rings is 1. The molecule has 0 radical (unpaired) electrons. The molecule has 1 aromatic carbocycles.